The van der Waals surface area contributed by atoms with E-state index in [0.717, 1.165) is 18.4 Å². The molecule has 2 aromatic carbocycles. The molecule has 0 heterocycles. The van der Waals surface area contributed by atoms with Crippen LogP contribution in [0.25, 0.3) is 0 Å². The first-order valence-corrected chi connectivity index (χ1v) is 7.70. The maximum atomic E-state index is 6.23. The van der Waals surface area contributed by atoms with Gasteiger partial charge in [0.2, 0.25) is 0 Å². The molecule has 106 valence electrons. The second kappa shape index (κ2) is 7.01. The van der Waals surface area contributed by atoms with E-state index in [0.29, 0.717) is 16.6 Å². The molecule has 0 radical (unpaired) electrons. The van der Waals surface area contributed by atoms with Gasteiger partial charge >= 0.3 is 0 Å². The van der Waals surface area contributed by atoms with Crippen LogP contribution in [0.4, 0.5) is 5.69 Å². The fraction of sp³-hybridized carbons (Fsp3) is 0.294. The van der Waals surface area contributed by atoms with E-state index in [1.165, 1.54) is 16.8 Å². The van der Waals surface area contributed by atoms with Gasteiger partial charge in [-0.1, -0.05) is 67.4 Å². The molecule has 0 spiro atoms. The van der Waals surface area contributed by atoms with Crippen molar-refractivity contribution in [2.75, 3.05) is 5.32 Å². The fourth-order valence-electron chi connectivity index (χ4n) is 2.34. The molecule has 1 nitrogen and oxygen atoms in total. The topological polar surface area (TPSA) is 12.0 Å². The predicted molar refractivity (Wildman–Crippen MR) is 89.0 cm³/mol. The van der Waals surface area contributed by atoms with Crippen LogP contribution in [0, 0.1) is 0 Å². The summed E-state index contributed by atoms with van der Waals surface area (Å²) in [6.07, 6.45) is 2.03. The number of hydrogen-bond acceptors (Lipinski definition) is 1. The molecule has 0 saturated heterocycles. The van der Waals surface area contributed by atoms with Gasteiger partial charge in [0.05, 0.1) is 10.0 Å². The highest BCUT2D eigenvalue weighted by Crippen LogP contribution is 2.28. The minimum absolute atomic E-state index is 0.602. The second-order valence-corrected chi connectivity index (χ2v) is 5.51. The first-order valence-electron chi connectivity index (χ1n) is 6.94. The van der Waals surface area contributed by atoms with Crippen LogP contribution >= 0.6 is 23.2 Å². The number of hydrogen-bond donors (Lipinski definition) is 1. The Balaban J connectivity index is 2.24. The van der Waals surface area contributed by atoms with Crippen molar-refractivity contribution in [1.29, 1.82) is 0 Å². The van der Waals surface area contributed by atoms with Crippen molar-refractivity contribution < 1.29 is 0 Å². The molecule has 0 unspecified atom stereocenters. The lowest BCUT2D eigenvalue weighted by molar-refractivity contribution is 1.05. The molecule has 20 heavy (non-hydrogen) atoms. The summed E-state index contributed by atoms with van der Waals surface area (Å²) in [5, 5.41) is 4.76. The van der Waals surface area contributed by atoms with Crippen LogP contribution in [0.15, 0.2) is 36.4 Å². The normalized spacial score (nSPS) is 10.6. The van der Waals surface area contributed by atoms with Crippen LogP contribution < -0.4 is 5.32 Å². The van der Waals surface area contributed by atoms with E-state index >= 15 is 0 Å². The quantitative estimate of drug-likeness (QED) is 0.743. The molecule has 0 amide bonds. The van der Waals surface area contributed by atoms with Crippen LogP contribution in [-0.4, -0.2) is 0 Å². The summed E-state index contributed by atoms with van der Waals surface area (Å²) in [6.45, 7) is 5.03. The predicted octanol–water partition coefficient (Wildman–Crippen LogP) is 5.73. The molecule has 0 aliphatic rings. The zero-order chi connectivity index (χ0) is 14.5. The number of anilines is 1. The highest BCUT2D eigenvalue weighted by molar-refractivity contribution is 6.42. The smallest absolute Gasteiger partial charge is 0.0642 e. The number of benzene rings is 2. The Labute approximate surface area is 130 Å². The number of nitrogens with one attached hydrogen (secondary N) is 1. The zero-order valence-electron chi connectivity index (χ0n) is 11.8. The molecule has 1 N–H and O–H groups in total. The summed E-state index contributed by atoms with van der Waals surface area (Å²) in [4.78, 5) is 0. The van der Waals surface area contributed by atoms with Gasteiger partial charge in [-0.2, -0.15) is 0 Å². The third kappa shape index (κ3) is 3.28. The molecule has 0 aromatic heterocycles. The Morgan fingerprint density at radius 1 is 0.850 bits per heavy atom. The van der Waals surface area contributed by atoms with Gasteiger partial charge < -0.3 is 5.32 Å². The van der Waals surface area contributed by atoms with Crippen molar-refractivity contribution in [1.82, 2.24) is 0 Å². The first kappa shape index (κ1) is 15.2. The van der Waals surface area contributed by atoms with Gasteiger partial charge in [0, 0.05) is 12.2 Å². The van der Waals surface area contributed by atoms with Crippen molar-refractivity contribution in [3.05, 3.63) is 63.1 Å². The maximum Gasteiger partial charge on any atom is 0.0642 e. The average molecular weight is 308 g/mol. The van der Waals surface area contributed by atoms with Crippen molar-refractivity contribution >= 4 is 28.9 Å². The van der Waals surface area contributed by atoms with Crippen LogP contribution in [0.5, 0.6) is 0 Å². The van der Waals surface area contributed by atoms with Gasteiger partial charge in [0.1, 0.15) is 0 Å². The third-order valence-electron chi connectivity index (χ3n) is 3.49. The zero-order valence-corrected chi connectivity index (χ0v) is 13.4. The summed E-state index contributed by atoms with van der Waals surface area (Å²) in [5.74, 6) is 0. The summed E-state index contributed by atoms with van der Waals surface area (Å²) in [7, 11) is 0. The summed E-state index contributed by atoms with van der Waals surface area (Å²) >= 11 is 12.3. The van der Waals surface area contributed by atoms with Crippen LogP contribution in [0.3, 0.4) is 0 Å². The van der Waals surface area contributed by atoms with Crippen molar-refractivity contribution in [2.45, 2.75) is 33.2 Å². The molecule has 0 atom stereocenters. The maximum absolute atomic E-state index is 6.23. The van der Waals surface area contributed by atoms with Gasteiger partial charge in [-0.05, 0) is 35.6 Å². The molecule has 0 bridgehead atoms. The standard InChI is InChI=1S/C17H19Cl2N/c1-3-12-7-5-8-13(4-2)17(12)20-11-14-9-6-10-15(18)16(14)19/h5-10,20H,3-4,11H2,1-2H3. The highest BCUT2D eigenvalue weighted by atomic mass is 35.5. The van der Waals surface area contributed by atoms with Crippen molar-refractivity contribution in [2.24, 2.45) is 0 Å². The summed E-state index contributed by atoms with van der Waals surface area (Å²) < 4.78 is 0. The third-order valence-corrected chi connectivity index (χ3v) is 4.34. The molecule has 3 heteroatoms. The van der Waals surface area contributed by atoms with E-state index in [1.807, 2.05) is 18.2 Å². The van der Waals surface area contributed by atoms with Gasteiger partial charge in [0.15, 0.2) is 0 Å². The molecular weight excluding hydrogens is 289 g/mol. The Morgan fingerprint density at radius 2 is 1.40 bits per heavy atom. The number of halogens is 2. The SMILES string of the molecule is CCc1cccc(CC)c1NCc1cccc(Cl)c1Cl. The number of para-hydroxylation sites is 1. The number of aryl methyl sites for hydroxylation is 2. The van der Waals surface area contributed by atoms with Crippen LogP contribution in [-0.2, 0) is 19.4 Å². The lowest BCUT2D eigenvalue weighted by Gasteiger charge is -2.16. The Morgan fingerprint density at radius 3 is 2.00 bits per heavy atom. The first-order chi connectivity index (χ1) is 9.67. The lowest BCUT2D eigenvalue weighted by Crippen LogP contribution is -2.05. The Bertz CT molecular complexity index is 571. The minimum Gasteiger partial charge on any atom is -0.380 e. The monoisotopic (exact) mass is 307 g/mol. The molecule has 0 saturated carbocycles. The molecule has 2 aromatic rings. The lowest BCUT2D eigenvalue weighted by atomic mass is 10.0. The van der Waals surface area contributed by atoms with E-state index in [-0.39, 0.29) is 0 Å². The minimum atomic E-state index is 0.602. The number of rotatable bonds is 5. The van der Waals surface area contributed by atoms with Gasteiger partial charge in [-0.3, -0.25) is 0 Å². The largest absolute Gasteiger partial charge is 0.380 e. The Kier molecular flexibility index (Phi) is 5.33. The highest BCUT2D eigenvalue weighted by Gasteiger charge is 2.08. The Hall–Kier alpha value is -1.18. The van der Waals surface area contributed by atoms with E-state index < -0.39 is 0 Å². The van der Waals surface area contributed by atoms with Gasteiger partial charge in [-0.15, -0.1) is 0 Å². The fourth-order valence-corrected chi connectivity index (χ4v) is 2.73. The molecule has 0 aliphatic heterocycles. The van der Waals surface area contributed by atoms with Gasteiger partial charge in [0.25, 0.3) is 0 Å². The second-order valence-electron chi connectivity index (χ2n) is 4.72. The van der Waals surface area contributed by atoms with E-state index in [4.69, 9.17) is 23.2 Å². The molecule has 0 fully saturated rings. The van der Waals surface area contributed by atoms with Crippen LogP contribution in [0.1, 0.15) is 30.5 Å². The van der Waals surface area contributed by atoms with E-state index in [1.54, 1.807) is 0 Å². The van der Waals surface area contributed by atoms with Crippen molar-refractivity contribution in [3.63, 3.8) is 0 Å². The molecular formula is C17H19Cl2N. The van der Waals surface area contributed by atoms with E-state index in [2.05, 4.69) is 37.4 Å². The summed E-state index contributed by atoms with van der Waals surface area (Å²) in [6, 6.07) is 12.2. The van der Waals surface area contributed by atoms with Gasteiger partial charge in [-0.25, -0.2) is 0 Å². The molecule has 2 rings (SSSR count). The van der Waals surface area contributed by atoms with E-state index in [9.17, 15) is 0 Å². The average Bonchev–Trinajstić information content (AvgIpc) is 2.48. The van der Waals surface area contributed by atoms with Crippen LogP contribution in [0.2, 0.25) is 10.0 Å². The summed E-state index contributed by atoms with van der Waals surface area (Å²) in [5.41, 5.74) is 4.92. The molecule has 0 aliphatic carbocycles. The van der Waals surface area contributed by atoms with Crippen molar-refractivity contribution in [3.8, 4) is 0 Å².